The normalized spacial score (nSPS) is 12.9. The van der Waals surface area contributed by atoms with Crippen LogP contribution in [0.25, 0.3) is 0 Å². The molecular formula is C12H12F3N3O4. The molecule has 0 fully saturated rings. The molecule has 0 aliphatic rings. The van der Waals surface area contributed by atoms with Crippen molar-refractivity contribution in [2.24, 2.45) is 5.16 Å². The molecule has 7 nitrogen and oxygen atoms in total. The van der Waals surface area contributed by atoms with Crippen molar-refractivity contribution in [3.8, 4) is 0 Å². The molecule has 0 spiro atoms. The molecule has 0 heterocycles. The lowest BCUT2D eigenvalue weighted by Gasteiger charge is -2.11. The van der Waals surface area contributed by atoms with Gasteiger partial charge in [0.2, 0.25) is 6.10 Å². The van der Waals surface area contributed by atoms with Crippen molar-refractivity contribution in [1.82, 2.24) is 5.32 Å². The van der Waals surface area contributed by atoms with Crippen molar-refractivity contribution in [2.45, 2.75) is 19.2 Å². The number of oxime groups is 1. The highest BCUT2D eigenvalue weighted by Crippen LogP contribution is 2.13. The first-order chi connectivity index (χ1) is 10.2. The van der Waals surface area contributed by atoms with Crippen LogP contribution in [0.3, 0.4) is 0 Å². The van der Waals surface area contributed by atoms with E-state index in [-0.39, 0.29) is 5.69 Å². The first-order valence-electron chi connectivity index (χ1n) is 5.97. The molecule has 0 aliphatic heterocycles. The van der Waals surface area contributed by atoms with Crippen LogP contribution in [-0.4, -0.2) is 35.9 Å². The molecule has 1 unspecified atom stereocenters. The van der Waals surface area contributed by atoms with E-state index >= 15 is 0 Å². The van der Waals surface area contributed by atoms with Crippen LogP contribution < -0.4 is 5.32 Å². The molecule has 1 amide bonds. The quantitative estimate of drug-likeness (QED) is 0.493. The third-order valence-electron chi connectivity index (χ3n) is 2.33. The van der Waals surface area contributed by atoms with Crippen molar-refractivity contribution in [3.05, 3.63) is 39.9 Å². The number of nitro benzene ring substituents is 1. The van der Waals surface area contributed by atoms with Gasteiger partial charge in [0, 0.05) is 17.7 Å². The Balaban J connectivity index is 2.52. The van der Waals surface area contributed by atoms with Gasteiger partial charge in [-0.2, -0.15) is 13.2 Å². The average Bonchev–Trinajstić information content (AvgIpc) is 2.44. The van der Waals surface area contributed by atoms with E-state index in [1.54, 1.807) is 5.32 Å². The highest BCUT2D eigenvalue weighted by atomic mass is 19.4. The van der Waals surface area contributed by atoms with Gasteiger partial charge in [-0.05, 0) is 6.92 Å². The summed E-state index contributed by atoms with van der Waals surface area (Å²) in [6, 6.07) is 5.44. The minimum atomic E-state index is -4.51. The van der Waals surface area contributed by atoms with Crippen LogP contribution in [-0.2, 0) is 9.63 Å². The van der Waals surface area contributed by atoms with Crippen molar-refractivity contribution in [3.63, 3.8) is 0 Å². The summed E-state index contributed by atoms with van der Waals surface area (Å²) in [6.07, 6.45) is -4.64. The topological polar surface area (TPSA) is 93.8 Å². The Morgan fingerprint density at radius 1 is 1.55 bits per heavy atom. The number of hydrogen-bond acceptors (Lipinski definition) is 5. The van der Waals surface area contributed by atoms with Gasteiger partial charge >= 0.3 is 6.18 Å². The number of non-ortho nitro benzene ring substituents is 1. The molecule has 0 radical (unpaired) electrons. The second-order valence-electron chi connectivity index (χ2n) is 4.17. The molecule has 22 heavy (non-hydrogen) atoms. The first-order valence-corrected chi connectivity index (χ1v) is 5.97. The zero-order chi connectivity index (χ0) is 16.8. The number of halogens is 3. The average molecular weight is 319 g/mol. The van der Waals surface area contributed by atoms with Gasteiger partial charge in [0.15, 0.2) is 0 Å². The lowest BCUT2D eigenvalue weighted by molar-refractivity contribution is -0.384. The predicted molar refractivity (Wildman–Crippen MR) is 70.3 cm³/mol. The Morgan fingerprint density at radius 3 is 2.82 bits per heavy atom. The molecule has 1 atom stereocenters. The fourth-order valence-electron chi connectivity index (χ4n) is 1.28. The largest absolute Gasteiger partial charge is 0.405 e. The molecule has 0 saturated carbocycles. The number of nitrogens with zero attached hydrogens (tertiary/aromatic N) is 2. The standard InChI is InChI=1S/C12H12F3N3O4/c1-8(11(19)16-7-12(13,14)15)22-17-6-9-3-2-4-10(5-9)18(20)21/h2-6,8H,7H2,1H3,(H,16,19)/b17-6+. The van der Waals surface area contributed by atoms with Crippen LogP contribution in [0.2, 0.25) is 0 Å². The molecule has 0 aliphatic carbocycles. The van der Waals surface area contributed by atoms with E-state index in [1.165, 1.54) is 31.2 Å². The number of alkyl halides is 3. The summed E-state index contributed by atoms with van der Waals surface area (Å²) >= 11 is 0. The number of nitrogens with one attached hydrogen (secondary N) is 1. The van der Waals surface area contributed by atoms with Crippen molar-refractivity contribution < 1.29 is 27.7 Å². The number of benzene rings is 1. The fourth-order valence-corrected chi connectivity index (χ4v) is 1.28. The summed E-state index contributed by atoms with van der Waals surface area (Å²) in [4.78, 5) is 25.9. The third-order valence-corrected chi connectivity index (χ3v) is 2.33. The minimum absolute atomic E-state index is 0.153. The fraction of sp³-hybridized carbons (Fsp3) is 0.333. The van der Waals surface area contributed by atoms with Gasteiger partial charge in [0.1, 0.15) is 6.54 Å². The van der Waals surface area contributed by atoms with Gasteiger partial charge in [0.05, 0.1) is 11.1 Å². The van der Waals surface area contributed by atoms with Crippen molar-refractivity contribution in [1.29, 1.82) is 0 Å². The van der Waals surface area contributed by atoms with Crippen LogP contribution in [0.4, 0.5) is 18.9 Å². The van der Waals surface area contributed by atoms with E-state index in [2.05, 4.69) is 5.16 Å². The van der Waals surface area contributed by atoms with Gasteiger partial charge in [-0.25, -0.2) is 0 Å². The molecule has 0 aromatic heterocycles. The maximum atomic E-state index is 11.9. The summed E-state index contributed by atoms with van der Waals surface area (Å²) in [5.41, 5.74) is 0.192. The lowest BCUT2D eigenvalue weighted by Crippen LogP contribution is -2.39. The van der Waals surface area contributed by atoms with E-state index in [9.17, 15) is 28.1 Å². The Bertz CT molecular complexity index is 575. The van der Waals surface area contributed by atoms with E-state index < -0.39 is 29.7 Å². The Morgan fingerprint density at radius 2 is 2.23 bits per heavy atom. The second-order valence-corrected chi connectivity index (χ2v) is 4.17. The van der Waals surface area contributed by atoms with E-state index in [0.29, 0.717) is 5.56 Å². The zero-order valence-corrected chi connectivity index (χ0v) is 11.3. The number of nitro groups is 1. The number of carbonyl (C=O) groups is 1. The van der Waals surface area contributed by atoms with E-state index in [1.807, 2.05) is 0 Å². The molecule has 1 rings (SSSR count). The Kier molecular flexibility index (Phi) is 5.84. The van der Waals surface area contributed by atoms with Gasteiger partial charge in [-0.15, -0.1) is 0 Å². The zero-order valence-electron chi connectivity index (χ0n) is 11.3. The molecular weight excluding hydrogens is 307 g/mol. The summed E-state index contributed by atoms with van der Waals surface area (Å²) in [7, 11) is 0. The van der Waals surface area contributed by atoms with Crippen LogP contribution >= 0.6 is 0 Å². The van der Waals surface area contributed by atoms with Crippen molar-refractivity contribution >= 4 is 17.8 Å². The molecule has 0 bridgehead atoms. The first kappa shape index (κ1) is 17.4. The lowest BCUT2D eigenvalue weighted by atomic mass is 10.2. The highest BCUT2D eigenvalue weighted by molar-refractivity contribution is 5.81. The summed E-state index contributed by atoms with van der Waals surface area (Å²) in [5.74, 6) is -0.978. The molecule has 1 aromatic carbocycles. The third kappa shape index (κ3) is 6.20. The Hall–Kier alpha value is -2.65. The van der Waals surface area contributed by atoms with Gasteiger partial charge < -0.3 is 10.2 Å². The summed E-state index contributed by atoms with van der Waals surface area (Å²) < 4.78 is 35.7. The number of rotatable bonds is 6. The van der Waals surface area contributed by atoms with Gasteiger partial charge in [-0.1, -0.05) is 17.3 Å². The number of carbonyl (C=O) groups excluding carboxylic acids is 1. The van der Waals surface area contributed by atoms with Gasteiger partial charge in [0.25, 0.3) is 11.6 Å². The van der Waals surface area contributed by atoms with Crippen LogP contribution in [0.1, 0.15) is 12.5 Å². The second kappa shape index (κ2) is 7.38. The highest BCUT2D eigenvalue weighted by Gasteiger charge is 2.29. The minimum Gasteiger partial charge on any atom is -0.383 e. The number of amides is 1. The predicted octanol–water partition coefficient (Wildman–Crippen LogP) is 2.01. The summed E-state index contributed by atoms with van der Waals surface area (Å²) in [5, 5.41) is 15.6. The maximum absolute atomic E-state index is 11.9. The molecule has 1 N–H and O–H groups in total. The monoisotopic (exact) mass is 319 g/mol. The van der Waals surface area contributed by atoms with Crippen LogP contribution in [0.15, 0.2) is 29.4 Å². The maximum Gasteiger partial charge on any atom is 0.405 e. The Labute approximate surface area is 122 Å². The molecule has 10 heteroatoms. The van der Waals surface area contributed by atoms with Crippen LogP contribution in [0, 0.1) is 10.1 Å². The smallest absolute Gasteiger partial charge is 0.383 e. The molecule has 1 aromatic rings. The summed E-state index contributed by atoms with van der Waals surface area (Å²) in [6.45, 7) is -0.245. The van der Waals surface area contributed by atoms with E-state index in [4.69, 9.17) is 4.84 Å². The van der Waals surface area contributed by atoms with E-state index in [0.717, 1.165) is 6.21 Å². The van der Waals surface area contributed by atoms with Crippen LogP contribution in [0.5, 0.6) is 0 Å². The molecule has 0 saturated heterocycles. The SMILES string of the molecule is CC(O/N=C/c1cccc([N+](=O)[O-])c1)C(=O)NCC(F)(F)F. The van der Waals surface area contributed by atoms with Crippen molar-refractivity contribution in [2.75, 3.05) is 6.54 Å². The van der Waals surface area contributed by atoms with Gasteiger partial charge in [-0.3, -0.25) is 14.9 Å². The number of hydrogen-bond donors (Lipinski definition) is 1. The molecule has 120 valence electrons.